The molecular formula is C43H51N3O10. The summed E-state index contributed by atoms with van der Waals surface area (Å²) in [6, 6.07) is 19.7. The lowest BCUT2D eigenvalue weighted by molar-refractivity contribution is -0.384. The molecule has 13 nitrogen and oxygen atoms in total. The maximum atomic E-state index is 14.0. The second-order valence-corrected chi connectivity index (χ2v) is 14.6. The standard InChI is InChI=1S/C43H51N3O10/c1-3-23-54-43-39(45(2)42(50)53-27-29-11-5-4-6-12-29)26-37(44-55-28-30-15-17-32(18-16-30)46(51)52)35-24-31(13-7-9-21-47)34(14-8-10-22-48)40(41(35)43)36-25-33(49)19-20-38(36)56-43/h3-6,11-12,15-20,24-25,31,34,39-41,47-49H,1,7-10,13-14,21-23,26-28H2,2H3/t31-,34+,39-,40+,41+,43+/m0/s1. The van der Waals surface area contributed by atoms with Crippen LogP contribution in [0.5, 0.6) is 11.5 Å². The van der Waals surface area contributed by atoms with Crippen LogP contribution in [0.4, 0.5) is 10.5 Å². The van der Waals surface area contributed by atoms with Crippen LogP contribution < -0.4 is 4.74 Å². The van der Waals surface area contributed by atoms with Crippen LogP contribution in [0.1, 0.15) is 67.6 Å². The molecule has 2 aliphatic carbocycles. The fraction of sp³-hybridized carbons (Fsp3) is 0.442. The van der Waals surface area contributed by atoms with Crippen LogP contribution in [0.15, 0.2) is 102 Å². The molecule has 0 spiro atoms. The summed E-state index contributed by atoms with van der Waals surface area (Å²) < 4.78 is 19.7. The van der Waals surface area contributed by atoms with Crippen LogP contribution in [-0.4, -0.2) is 75.6 Å². The summed E-state index contributed by atoms with van der Waals surface area (Å²) in [4.78, 5) is 32.3. The highest BCUT2D eigenvalue weighted by Gasteiger charge is 2.65. The fourth-order valence-electron chi connectivity index (χ4n) is 8.58. The normalized spacial score (nSPS) is 24.2. The van der Waals surface area contributed by atoms with Gasteiger partial charge in [-0.1, -0.05) is 60.5 Å². The third kappa shape index (κ3) is 8.75. The Morgan fingerprint density at radius 1 is 1.02 bits per heavy atom. The Morgan fingerprint density at radius 2 is 1.73 bits per heavy atom. The molecule has 56 heavy (non-hydrogen) atoms. The number of phenolic OH excluding ortho intramolecular Hbond substituents is 1. The van der Waals surface area contributed by atoms with Crippen LogP contribution in [0.25, 0.3) is 0 Å². The Labute approximate surface area is 327 Å². The first-order chi connectivity index (χ1) is 27.2. The molecule has 3 N–H and O–H groups in total. The first-order valence-corrected chi connectivity index (χ1v) is 19.3. The SMILES string of the molecule is C=CCO[C@@]12Oc3ccc(O)cc3[C@H]3[C@H](CCCCO)[C@@H](CCCCO)C=C(C(=NOCc4ccc([N+](=O)[O-])cc4)C[C@@H]1N(C)C(=O)OCc1ccccc1)[C@H]32. The van der Waals surface area contributed by atoms with Gasteiger partial charge in [0.2, 0.25) is 5.79 Å². The molecule has 298 valence electrons. The minimum Gasteiger partial charge on any atom is -0.508 e. The average molecular weight is 770 g/mol. The van der Waals surface area contributed by atoms with E-state index in [1.807, 2.05) is 30.3 Å². The number of unbranched alkanes of at least 4 members (excludes halogenated alkanes) is 2. The van der Waals surface area contributed by atoms with Crippen LogP contribution >= 0.6 is 0 Å². The Kier molecular flexibility index (Phi) is 13.4. The van der Waals surface area contributed by atoms with Gasteiger partial charge < -0.3 is 39.3 Å². The number of nitro groups is 1. The number of hydrogen-bond donors (Lipinski definition) is 3. The number of likely N-dealkylation sites (N-methyl/N-ethyl adjacent to an activating group) is 1. The molecule has 6 atom stereocenters. The topological polar surface area (TPSA) is 173 Å². The van der Waals surface area contributed by atoms with Crippen LogP contribution in [0.3, 0.4) is 0 Å². The zero-order valence-corrected chi connectivity index (χ0v) is 31.7. The monoisotopic (exact) mass is 769 g/mol. The lowest BCUT2D eigenvalue weighted by Crippen LogP contribution is -2.69. The zero-order chi connectivity index (χ0) is 39.7. The number of benzene rings is 3. The van der Waals surface area contributed by atoms with Crippen molar-refractivity contribution in [1.82, 2.24) is 4.90 Å². The van der Waals surface area contributed by atoms with E-state index >= 15 is 0 Å². The van der Waals surface area contributed by atoms with E-state index in [1.54, 1.807) is 43.5 Å². The fourth-order valence-corrected chi connectivity index (χ4v) is 8.58. The molecule has 0 bridgehead atoms. The van der Waals surface area contributed by atoms with Gasteiger partial charge in [0.1, 0.15) is 30.8 Å². The number of carbonyl (C=O) groups excluding carboxylic acids is 1. The largest absolute Gasteiger partial charge is 0.508 e. The lowest BCUT2D eigenvalue weighted by Gasteiger charge is -2.59. The Bertz CT molecular complexity index is 1880. The van der Waals surface area contributed by atoms with Gasteiger partial charge in [-0.25, -0.2) is 4.79 Å². The molecular weight excluding hydrogens is 718 g/mol. The van der Waals surface area contributed by atoms with Crippen molar-refractivity contribution in [2.24, 2.45) is 22.9 Å². The molecule has 0 aromatic heterocycles. The van der Waals surface area contributed by atoms with Gasteiger partial charge >= 0.3 is 6.09 Å². The summed E-state index contributed by atoms with van der Waals surface area (Å²) in [6.07, 6.45) is 7.77. The second-order valence-electron chi connectivity index (χ2n) is 14.6. The molecule has 3 aliphatic rings. The van der Waals surface area contributed by atoms with E-state index < -0.39 is 28.8 Å². The highest BCUT2D eigenvalue weighted by Crippen LogP contribution is 2.61. The number of phenols is 1. The van der Waals surface area contributed by atoms with Crippen molar-refractivity contribution in [2.75, 3.05) is 26.9 Å². The minimum absolute atomic E-state index is 0.00140. The van der Waals surface area contributed by atoms with Crippen molar-refractivity contribution in [3.05, 3.63) is 124 Å². The molecule has 1 amide bonds. The Balaban J connectivity index is 1.48. The summed E-state index contributed by atoms with van der Waals surface area (Å²) in [6.45, 7) is 4.27. The summed E-state index contributed by atoms with van der Waals surface area (Å²) in [7, 11) is 1.66. The molecule has 0 radical (unpaired) electrons. The number of allylic oxidation sites excluding steroid dienone is 1. The third-order valence-electron chi connectivity index (χ3n) is 11.2. The maximum Gasteiger partial charge on any atom is 0.410 e. The van der Waals surface area contributed by atoms with E-state index in [4.69, 9.17) is 24.2 Å². The maximum absolute atomic E-state index is 14.0. The molecule has 1 fully saturated rings. The summed E-state index contributed by atoms with van der Waals surface area (Å²) in [5, 5.41) is 46.4. The quantitative estimate of drug-likeness (QED) is 0.0512. The van der Waals surface area contributed by atoms with E-state index in [1.165, 1.54) is 17.0 Å². The third-order valence-corrected chi connectivity index (χ3v) is 11.2. The van der Waals surface area contributed by atoms with E-state index in [0.29, 0.717) is 29.9 Å². The summed E-state index contributed by atoms with van der Waals surface area (Å²) in [5.74, 6) is -1.66. The van der Waals surface area contributed by atoms with Crippen LogP contribution in [0.2, 0.25) is 0 Å². The molecule has 3 aromatic rings. The van der Waals surface area contributed by atoms with Gasteiger partial charge in [0.25, 0.3) is 5.69 Å². The molecule has 0 unspecified atom stereocenters. The zero-order valence-electron chi connectivity index (χ0n) is 31.7. The second kappa shape index (κ2) is 18.6. The van der Waals surface area contributed by atoms with Crippen molar-refractivity contribution in [3.8, 4) is 11.5 Å². The number of aliphatic hydroxyl groups is 2. The number of hydrogen-bond acceptors (Lipinski definition) is 11. The number of amides is 1. The molecule has 1 aliphatic heterocycles. The summed E-state index contributed by atoms with van der Waals surface area (Å²) >= 11 is 0. The van der Waals surface area contributed by atoms with Crippen molar-refractivity contribution in [3.63, 3.8) is 0 Å². The number of oxime groups is 1. The van der Waals surface area contributed by atoms with E-state index in [0.717, 1.165) is 42.4 Å². The Hall–Kier alpha value is -5.24. The highest BCUT2D eigenvalue weighted by atomic mass is 16.7. The van der Waals surface area contributed by atoms with Gasteiger partial charge in [-0.15, -0.1) is 6.58 Å². The number of fused-ring (bicyclic) bond motifs is 2. The van der Waals surface area contributed by atoms with Gasteiger partial charge in [0.05, 0.1) is 23.2 Å². The molecule has 13 heteroatoms. The molecule has 1 heterocycles. The van der Waals surface area contributed by atoms with Gasteiger partial charge in [-0.05, 0) is 84.6 Å². The van der Waals surface area contributed by atoms with Crippen molar-refractivity contribution >= 4 is 17.5 Å². The molecule has 3 aromatic carbocycles. The van der Waals surface area contributed by atoms with Crippen molar-refractivity contribution < 1.29 is 44.1 Å². The Morgan fingerprint density at radius 3 is 2.43 bits per heavy atom. The number of nitro benzene ring substituents is 1. The number of rotatable bonds is 18. The number of nitrogens with zero attached hydrogens (tertiary/aromatic N) is 3. The van der Waals surface area contributed by atoms with E-state index in [-0.39, 0.29) is 68.6 Å². The number of aromatic hydroxyl groups is 1. The number of carbonyl (C=O) groups is 1. The highest BCUT2D eigenvalue weighted by molar-refractivity contribution is 6.02. The van der Waals surface area contributed by atoms with E-state index in [2.05, 4.69) is 12.7 Å². The van der Waals surface area contributed by atoms with E-state index in [9.17, 15) is 30.2 Å². The van der Waals surface area contributed by atoms with Crippen LogP contribution in [-0.2, 0) is 27.5 Å². The number of ether oxygens (including phenoxy) is 3. The smallest absolute Gasteiger partial charge is 0.410 e. The molecule has 6 rings (SSSR count). The van der Waals surface area contributed by atoms with Crippen LogP contribution in [0, 0.1) is 27.9 Å². The lowest BCUT2D eigenvalue weighted by atomic mass is 9.55. The number of non-ortho nitro benzene ring substituents is 1. The first kappa shape index (κ1) is 40.4. The molecule has 0 saturated heterocycles. The van der Waals surface area contributed by atoms with Gasteiger partial charge in [-0.3, -0.25) is 10.1 Å². The van der Waals surface area contributed by atoms with Gasteiger partial charge in [0, 0.05) is 50.3 Å². The number of aliphatic hydroxyl groups excluding tert-OH is 2. The minimum atomic E-state index is -1.46. The van der Waals surface area contributed by atoms with Gasteiger partial charge in [-0.2, -0.15) is 0 Å². The van der Waals surface area contributed by atoms with Crippen molar-refractivity contribution in [1.29, 1.82) is 0 Å². The van der Waals surface area contributed by atoms with Crippen molar-refractivity contribution in [2.45, 2.75) is 75.9 Å². The molecule has 1 saturated carbocycles. The predicted octanol–water partition coefficient (Wildman–Crippen LogP) is 7.40. The van der Waals surface area contributed by atoms with Gasteiger partial charge in [0.15, 0.2) is 0 Å². The summed E-state index contributed by atoms with van der Waals surface area (Å²) in [5.41, 5.74) is 3.71. The predicted molar refractivity (Wildman–Crippen MR) is 209 cm³/mol. The first-order valence-electron chi connectivity index (χ1n) is 19.3. The average Bonchev–Trinajstić information content (AvgIpc) is 3.21.